The van der Waals surface area contributed by atoms with E-state index in [1.807, 2.05) is 24.3 Å². The van der Waals surface area contributed by atoms with Crippen LogP contribution in [-0.4, -0.2) is 41.8 Å². The average molecular weight is 537 g/mol. The fourth-order valence-electron chi connectivity index (χ4n) is 3.79. The van der Waals surface area contributed by atoms with Crippen LogP contribution in [0.4, 0.5) is 17.2 Å². The Labute approximate surface area is 218 Å². The third-order valence-corrected chi connectivity index (χ3v) is 7.77. The highest BCUT2D eigenvalue weighted by molar-refractivity contribution is 7.92. The fourth-order valence-corrected chi connectivity index (χ4v) is 5.56. The maximum absolute atomic E-state index is 13.0. The zero-order valence-corrected chi connectivity index (χ0v) is 21.3. The first-order valence-electron chi connectivity index (χ1n) is 10.7. The van der Waals surface area contributed by atoms with Crippen LogP contribution in [0.5, 0.6) is 5.75 Å². The summed E-state index contributed by atoms with van der Waals surface area (Å²) >= 11 is 11.3. The number of para-hydroxylation sites is 2. The van der Waals surface area contributed by atoms with Crippen LogP contribution in [0.25, 0.3) is 11.0 Å². The van der Waals surface area contributed by atoms with Gasteiger partial charge in [0.05, 0.1) is 29.2 Å². The number of thiocarbonyl (C=S) groups is 2. The fraction of sp³-hybridized carbons (Fsp3) is 0.0833. The van der Waals surface area contributed by atoms with E-state index in [-0.39, 0.29) is 10.7 Å². The number of nitrogens with two attached hydrogens (primary N) is 1. The van der Waals surface area contributed by atoms with Crippen molar-refractivity contribution in [3.63, 3.8) is 0 Å². The zero-order chi connectivity index (χ0) is 25.4. The number of fused-ring (bicyclic) bond motifs is 1. The highest BCUT2D eigenvalue weighted by Crippen LogP contribution is 2.31. The van der Waals surface area contributed by atoms with Crippen molar-refractivity contribution in [3.05, 3.63) is 79.0 Å². The van der Waals surface area contributed by atoms with Crippen LogP contribution in [0.1, 0.15) is 0 Å². The number of aromatic nitrogens is 2. The molecule has 0 spiro atoms. The van der Waals surface area contributed by atoms with Gasteiger partial charge in [-0.15, -0.1) is 0 Å². The summed E-state index contributed by atoms with van der Waals surface area (Å²) in [4.78, 5) is 12.4. The largest absolute Gasteiger partial charge is 0.497 e. The second-order valence-electron chi connectivity index (χ2n) is 7.81. The molecule has 0 bridgehead atoms. The van der Waals surface area contributed by atoms with Crippen molar-refractivity contribution in [2.75, 3.05) is 21.6 Å². The van der Waals surface area contributed by atoms with E-state index < -0.39 is 16.2 Å². The van der Waals surface area contributed by atoms with Gasteiger partial charge in [-0.2, -0.15) is 0 Å². The van der Waals surface area contributed by atoms with Gasteiger partial charge in [-0.25, -0.2) is 13.4 Å². The monoisotopic (exact) mass is 536 g/mol. The first-order valence-corrected chi connectivity index (χ1v) is 13.0. The highest BCUT2D eigenvalue weighted by atomic mass is 32.2. The molecule has 182 valence electrons. The Morgan fingerprint density at radius 3 is 2.25 bits per heavy atom. The van der Waals surface area contributed by atoms with E-state index in [9.17, 15) is 8.42 Å². The minimum atomic E-state index is -3.90. The normalized spacial score (nSPS) is 16.0. The summed E-state index contributed by atoms with van der Waals surface area (Å²) in [6, 6.07) is 20.7. The Morgan fingerprint density at radius 1 is 0.944 bits per heavy atom. The summed E-state index contributed by atoms with van der Waals surface area (Å²) < 4.78 is 33.6. The van der Waals surface area contributed by atoms with Crippen LogP contribution in [0.15, 0.2) is 83.9 Å². The molecule has 1 aromatic heterocycles. The van der Waals surface area contributed by atoms with Crippen molar-refractivity contribution in [2.45, 2.75) is 11.1 Å². The van der Waals surface area contributed by atoms with E-state index >= 15 is 0 Å². The average Bonchev–Trinajstić information content (AvgIpc) is 3.11. The first-order chi connectivity index (χ1) is 17.3. The molecule has 3 N–H and O–H groups in total. The van der Waals surface area contributed by atoms with Crippen LogP contribution in [-0.2, 0) is 10.0 Å². The number of hydrogen-bond donors (Lipinski definition) is 2. The molecule has 4 aromatic rings. The highest BCUT2D eigenvalue weighted by Gasteiger charge is 2.39. The molecule has 12 heteroatoms. The molecule has 1 saturated heterocycles. The quantitative estimate of drug-likeness (QED) is 0.354. The van der Waals surface area contributed by atoms with Crippen molar-refractivity contribution in [1.82, 2.24) is 9.97 Å². The predicted molar refractivity (Wildman–Crippen MR) is 148 cm³/mol. The molecule has 3 aromatic carbocycles. The van der Waals surface area contributed by atoms with Crippen molar-refractivity contribution in [2.24, 2.45) is 5.73 Å². The van der Waals surface area contributed by atoms with E-state index in [2.05, 4.69) is 14.7 Å². The van der Waals surface area contributed by atoms with Crippen LogP contribution in [0.2, 0.25) is 0 Å². The molecule has 0 saturated carbocycles. The SMILES string of the molecule is COc1ccc(N2C(=S)C(N)N(c3ccc(S(=O)(=O)Nc4cnc5ccccc5n4)cc3)C2=S)cc1. The summed E-state index contributed by atoms with van der Waals surface area (Å²) in [7, 11) is -2.31. The predicted octanol–water partition coefficient (Wildman–Crippen LogP) is 3.66. The Bertz CT molecular complexity index is 1580. The van der Waals surface area contributed by atoms with Gasteiger partial charge in [-0.1, -0.05) is 24.4 Å². The topological polar surface area (TPSA) is 114 Å². The number of sulfonamides is 1. The number of methoxy groups -OCH3 is 1. The summed E-state index contributed by atoms with van der Waals surface area (Å²) in [5, 5.41) is 0.387. The second kappa shape index (κ2) is 9.39. The summed E-state index contributed by atoms with van der Waals surface area (Å²) in [5.41, 5.74) is 9.00. The lowest BCUT2D eigenvalue weighted by atomic mass is 10.3. The summed E-state index contributed by atoms with van der Waals surface area (Å²) in [6.45, 7) is 0. The molecule has 1 atom stereocenters. The van der Waals surface area contributed by atoms with Gasteiger partial charge in [0.15, 0.2) is 10.9 Å². The van der Waals surface area contributed by atoms with Crippen LogP contribution in [0.3, 0.4) is 0 Å². The first kappa shape index (κ1) is 24.0. The summed E-state index contributed by atoms with van der Waals surface area (Å²) in [5.74, 6) is 0.831. The molecular formula is C24H20N6O3S3. The van der Waals surface area contributed by atoms with E-state index in [0.717, 1.165) is 5.69 Å². The number of ether oxygens (including phenoxy) is 1. The standard InChI is InChI=1S/C24H20N6O3S3/c1-33-17-10-6-16(7-11-17)30-23(34)22(25)29(24(30)35)15-8-12-18(13-9-15)36(31,32)28-21-14-26-19-4-2-3-5-20(19)27-21/h2-14,22H,25H2,1H3,(H,27,28). The maximum Gasteiger partial charge on any atom is 0.263 e. The van der Waals surface area contributed by atoms with E-state index in [4.69, 9.17) is 34.9 Å². The van der Waals surface area contributed by atoms with Gasteiger partial charge in [-0.3, -0.25) is 19.5 Å². The van der Waals surface area contributed by atoms with E-state index in [1.54, 1.807) is 53.3 Å². The Morgan fingerprint density at radius 2 is 1.58 bits per heavy atom. The van der Waals surface area contributed by atoms with Crippen molar-refractivity contribution in [3.8, 4) is 5.75 Å². The Kier molecular flexibility index (Phi) is 6.26. The van der Waals surface area contributed by atoms with Gasteiger partial charge in [0, 0.05) is 11.4 Å². The van der Waals surface area contributed by atoms with Gasteiger partial charge in [0.1, 0.15) is 16.9 Å². The van der Waals surface area contributed by atoms with Gasteiger partial charge >= 0.3 is 0 Å². The molecule has 1 aliphatic heterocycles. The minimum absolute atomic E-state index is 0.0504. The molecule has 0 aliphatic carbocycles. The van der Waals surface area contributed by atoms with Crippen LogP contribution >= 0.6 is 24.4 Å². The Balaban J connectivity index is 1.37. The van der Waals surface area contributed by atoms with Crippen LogP contribution < -0.4 is 25.0 Å². The third kappa shape index (κ3) is 4.35. The number of anilines is 3. The second-order valence-corrected chi connectivity index (χ2v) is 10.3. The molecule has 1 unspecified atom stereocenters. The molecule has 0 radical (unpaired) electrons. The van der Waals surface area contributed by atoms with Crippen molar-refractivity contribution in [1.29, 1.82) is 0 Å². The molecular weight excluding hydrogens is 517 g/mol. The number of nitrogens with zero attached hydrogens (tertiary/aromatic N) is 4. The van der Waals surface area contributed by atoms with Crippen LogP contribution in [0, 0.1) is 0 Å². The Hall–Kier alpha value is -3.71. The van der Waals surface area contributed by atoms with Gasteiger partial charge in [-0.05, 0) is 72.9 Å². The third-order valence-electron chi connectivity index (χ3n) is 5.59. The van der Waals surface area contributed by atoms with Crippen molar-refractivity contribution < 1.29 is 13.2 Å². The van der Waals surface area contributed by atoms with Crippen molar-refractivity contribution >= 4 is 72.8 Å². The molecule has 2 heterocycles. The molecule has 5 rings (SSSR count). The lowest BCUT2D eigenvalue weighted by Crippen LogP contribution is -2.41. The van der Waals surface area contributed by atoms with Gasteiger partial charge < -0.3 is 10.5 Å². The molecule has 0 amide bonds. The number of nitrogens with one attached hydrogen (secondary N) is 1. The summed E-state index contributed by atoms with van der Waals surface area (Å²) in [6.07, 6.45) is 0.688. The zero-order valence-electron chi connectivity index (χ0n) is 18.9. The lowest BCUT2D eigenvalue weighted by Gasteiger charge is -2.23. The van der Waals surface area contributed by atoms with Gasteiger partial charge in [0.25, 0.3) is 10.0 Å². The van der Waals surface area contributed by atoms with E-state index in [1.165, 1.54) is 18.3 Å². The van der Waals surface area contributed by atoms with Gasteiger partial charge in [0.2, 0.25) is 0 Å². The molecule has 1 fully saturated rings. The smallest absolute Gasteiger partial charge is 0.263 e. The number of rotatable bonds is 6. The number of hydrogen-bond acceptors (Lipinski definition) is 8. The number of benzene rings is 3. The molecule has 9 nitrogen and oxygen atoms in total. The lowest BCUT2D eigenvalue weighted by molar-refractivity contribution is 0.415. The molecule has 36 heavy (non-hydrogen) atoms. The van der Waals surface area contributed by atoms with E-state index in [0.29, 0.717) is 32.6 Å². The molecule has 1 aliphatic rings. The maximum atomic E-state index is 13.0. The minimum Gasteiger partial charge on any atom is -0.497 e.